The van der Waals surface area contributed by atoms with Crippen molar-refractivity contribution in [2.75, 3.05) is 5.32 Å². The van der Waals surface area contributed by atoms with Crippen LogP contribution in [0.1, 0.15) is 10.4 Å². The molecule has 4 rings (SSSR count). The average Bonchev–Trinajstić information content (AvgIpc) is 3.32. The number of carbonyl (C=O) groups is 1. The summed E-state index contributed by atoms with van der Waals surface area (Å²) >= 11 is 12.3. The number of aromatic amines is 1. The van der Waals surface area contributed by atoms with Gasteiger partial charge in [-0.3, -0.25) is 14.7 Å². The van der Waals surface area contributed by atoms with Crippen LogP contribution in [0.2, 0.25) is 10.0 Å². The van der Waals surface area contributed by atoms with Crippen LogP contribution in [0.15, 0.2) is 66.0 Å². The van der Waals surface area contributed by atoms with Crippen molar-refractivity contribution in [3.63, 3.8) is 0 Å². The highest BCUT2D eigenvalue weighted by Crippen LogP contribution is 2.25. The van der Waals surface area contributed by atoms with Gasteiger partial charge >= 0.3 is 0 Å². The molecule has 0 unspecified atom stereocenters. The third-order valence-electron chi connectivity index (χ3n) is 3.94. The van der Waals surface area contributed by atoms with Crippen LogP contribution in [0.5, 0.6) is 0 Å². The summed E-state index contributed by atoms with van der Waals surface area (Å²) in [6, 6.07) is 13.3. The molecule has 0 aliphatic rings. The summed E-state index contributed by atoms with van der Waals surface area (Å²) in [5.41, 5.74) is 0.359. The quantitative estimate of drug-likeness (QED) is 0.535. The van der Waals surface area contributed by atoms with Crippen molar-refractivity contribution in [1.82, 2.24) is 24.5 Å². The van der Waals surface area contributed by atoms with Gasteiger partial charge in [0, 0.05) is 10.6 Å². The van der Waals surface area contributed by atoms with E-state index in [1.807, 2.05) is 0 Å². The summed E-state index contributed by atoms with van der Waals surface area (Å²) in [5, 5.41) is 10.3. The number of aromatic nitrogens is 5. The number of nitrogens with zero attached hydrogens (tertiary/aromatic N) is 4. The summed E-state index contributed by atoms with van der Waals surface area (Å²) < 4.78 is 2.44. The predicted octanol–water partition coefficient (Wildman–Crippen LogP) is 3.31. The minimum atomic E-state index is -0.488. The second kappa shape index (κ2) is 7.34. The molecule has 2 heterocycles. The summed E-state index contributed by atoms with van der Waals surface area (Å²) in [5.74, 6) is -0.257. The van der Waals surface area contributed by atoms with Gasteiger partial charge in [-0.05, 0) is 30.3 Å². The summed E-state index contributed by atoms with van der Waals surface area (Å²) in [7, 11) is 0. The lowest BCUT2D eigenvalue weighted by Gasteiger charge is -2.06. The predicted molar refractivity (Wildman–Crippen MR) is 106 cm³/mol. The van der Waals surface area contributed by atoms with Crippen molar-refractivity contribution in [2.45, 2.75) is 0 Å². The van der Waals surface area contributed by atoms with Crippen molar-refractivity contribution < 1.29 is 4.79 Å². The molecule has 2 aromatic heterocycles. The zero-order chi connectivity index (χ0) is 19.7. The first-order valence-electron chi connectivity index (χ1n) is 8.06. The number of H-pyrrole nitrogens is 1. The van der Waals surface area contributed by atoms with Gasteiger partial charge in [0.25, 0.3) is 11.5 Å². The van der Waals surface area contributed by atoms with Crippen LogP contribution in [0.4, 0.5) is 5.82 Å². The molecule has 0 atom stereocenters. The van der Waals surface area contributed by atoms with Gasteiger partial charge in [-0.25, -0.2) is 14.3 Å². The maximum atomic E-state index is 13.1. The van der Waals surface area contributed by atoms with Crippen molar-refractivity contribution in [1.29, 1.82) is 0 Å². The smallest absolute Gasteiger partial charge is 0.299 e. The number of nitrogens with one attached hydrogen (secondary N) is 2. The van der Waals surface area contributed by atoms with Gasteiger partial charge in [-0.2, -0.15) is 5.10 Å². The molecule has 4 aromatic rings. The van der Waals surface area contributed by atoms with Crippen LogP contribution in [0.25, 0.3) is 11.4 Å². The van der Waals surface area contributed by atoms with Gasteiger partial charge in [0.05, 0.1) is 10.7 Å². The molecule has 0 aliphatic carbocycles. The largest absolute Gasteiger partial charge is 0.305 e. The SMILES string of the molecule is O=C(Nc1[nH]n(-c2cc(Cl)ccc2Cl)c(=O)c1-n1cncn1)c1ccccc1. The van der Waals surface area contributed by atoms with Gasteiger partial charge in [0.1, 0.15) is 12.7 Å². The Kier molecular flexibility index (Phi) is 4.72. The zero-order valence-electron chi connectivity index (χ0n) is 14.1. The Balaban J connectivity index is 1.85. The van der Waals surface area contributed by atoms with Gasteiger partial charge in [-0.1, -0.05) is 41.4 Å². The molecular formula is C18H12Cl2N6O2. The molecule has 0 saturated carbocycles. The first kappa shape index (κ1) is 18.0. The van der Waals surface area contributed by atoms with Crippen molar-refractivity contribution in [3.8, 4) is 11.4 Å². The monoisotopic (exact) mass is 414 g/mol. The fourth-order valence-corrected chi connectivity index (χ4v) is 3.02. The number of rotatable bonds is 4. The molecule has 1 amide bonds. The Morgan fingerprint density at radius 2 is 1.89 bits per heavy atom. The molecule has 0 spiro atoms. The standard InChI is InChI=1S/C18H12Cl2N6O2/c19-12-6-7-13(20)14(8-12)26-18(28)15(25-10-21-9-22-25)16(24-26)23-17(27)11-4-2-1-3-5-11/h1-10,24H,(H,23,27). The lowest BCUT2D eigenvalue weighted by Crippen LogP contribution is -2.19. The molecule has 0 radical (unpaired) electrons. The normalized spacial score (nSPS) is 10.8. The van der Waals surface area contributed by atoms with Crippen LogP contribution >= 0.6 is 23.2 Å². The Morgan fingerprint density at radius 3 is 2.61 bits per heavy atom. The van der Waals surface area contributed by atoms with Gasteiger partial charge in [0.2, 0.25) is 0 Å². The van der Waals surface area contributed by atoms with E-state index in [0.717, 1.165) is 0 Å². The maximum absolute atomic E-state index is 13.1. The first-order valence-corrected chi connectivity index (χ1v) is 8.82. The minimum Gasteiger partial charge on any atom is -0.305 e. The van der Waals surface area contributed by atoms with Crippen molar-refractivity contribution >= 4 is 34.9 Å². The first-order chi connectivity index (χ1) is 13.5. The summed E-state index contributed by atoms with van der Waals surface area (Å²) in [6.07, 6.45) is 2.64. The second-order valence-corrected chi connectivity index (χ2v) is 6.58. The zero-order valence-corrected chi connectivity index (χ0v) is 15.6. The third kappa shape index (κ3) is 3.30. The Bertz CT molecular complexity index is 1200. The molecule has 8 nitrogen and oxygen atoms in total. The number of hydrogen-bond acceptors (Lipinski definition) is 4. The Morgan fingerprint density at radius 1 is 1.11 bits per heavy atom. The van der Waals surface area contributed by atoms with E-state index in [-0.39, 0.29) is 11.5 Å². The number of carbonyl (C=O) groups excluding carboxylic acids is 1. The Hall–Kier alpha value is -3.36. The van der Waals surface area contributed by atoms with Gasteiger partial charge in [0.15, 0.2) is 11.5 Å². The van der Waals surface area contributed by atoms with Crippen molar-refractivity contribution in [3.05, 3.63) is 87.1 Å². The summed E-state index contributed by atoms with van der Waals surface area (Å²) in [4.78, 5) is 29.5. The molecule has 0 saturated heterocycles. The highest BCUT2D eigenvalue weighted by molar-refractivity contribution is 6.34. The molecule has 28 heavy (non-hydrogen) atoms. The fourth-order valence-electron chi connectivity index (χ4n) is 2.65. The number of anilines is 1. The van der Waals surface area contributed by atoms with E-state index in [9.17, 15) is 9.59 Å². The van der Waals surface area contributed by atoms with Crippen LogP contribution in [0.3, 0.4) is 0 Å². The van der Waals surface area contributed by atoms with Crippen LogP contribution in [-0.2, 0) is 0 Å². The molecule has 0 bridgehead atoms. The molecule has 10 heteroatoms. The second-order valence-electron chi connectivity index (χ2n) is 5.73. The Labute approximate surface area is 168 Å². The molecule has 0 fully saturated rings. The van der Waals surface area contributed by atoms with E-state index in [0.29, 0.717) is 21.3 Å². The van der Waals surface area contributed by atoms with E-state index in [1.165, 1.54) is 28.1 Å². The van der Waals surface area contributed by atoms with Crippen LogP contribution in [0, 0.1) is 0 Å². The molecule has 140 valence electrons. The van der Waals surface area contributed by atoms with Crippen LogP contribution < -0.4 is 10.9 Å². The van der Waals surface area contributed by atoms with E-state index in [4.69, 9.17) is 23.2 Å². The highest BCUT2D eigenvalue weighted by atomic mass is 35.5. The van der Waals surface area contributed by atoms with E-state index >= 15 is 0 Å². The lowest BCUT2D eigenvalue weighted by molar-refractivity contribution is 0.102. The fraction of sp³-hybridized carbons (Fsp3) is 0. The molecule has 0 aliphatic heterocycles. The average molecular weight is 415 g/mol. The van der Waals surface area contributed by atoms with Crippen LogP contribution in [-0.4, -0.2) is 30.5 Å². The topological polar surface area (TPSA) is 97.6 Å². The third-order valence-corrected chi connectivity index (χ3v) is 4.49. The number of amides is 1. The molecular weight excluding hydrogens is 403 g/mol. The van der Waals surface area contributed by atoms with Gasteiger partial charge < -0.3 is 5.32 Å². The van der Waals surface area contributed by atoms with E-state index in [2.05, 4.69) is 20.5 Å². The number of hydrogen-bond donors (Lipinski definition) is 2. The maximum Gasteiger partial charge on any atom is 0.299 e. The summed E-state index contributed by atoms with van der Waals surface area (Å²) in [6.45, 7) is 0. The minimum absolute atomic E-state index is 0.0813. The van der Waals surface area contributed by atoms with Crippen molar-refractivity contribution in [2.24, 2.45) is 0 Å². The molecule has 2 N–H and O–H groups in total. The lowest BCUT2D eigenvalue weighted by atomic mass is 10.2. The number of halogens is 2. The van der Waals surface area contributed by atoms with E-state index in [1.54, 1.807) is 42.5 Å². The van der Waals surface area contributed by atoms with Gasteiger partial charge in [-0.15, -0.1) is 0 Å². The molecule has 2 aromatic carbocycles. The van der Waals surface area contributed by atoms with E-state index < -0.39 is 11.5 Å². The number of benzene rings is 2. The highest BCUT2D eigenvalue weighted by Gasteiger charge is 2.21.